The largest absolute Gasteiger partial charge is 0.335 e. The van der Waals surface area contributed by atoms with E-state index in [1.807, 2.05) is 31.2 Å². The number of halogens is 3. The maximum Gasteiger partial charge on any atom is 0.317 e. The number of rotatable bonds is 3. The van der Waals surface area contributed by atoms with E-state index < -0.39 is 11.9 Å². The molecule has 2 aromatic carbocycles. The summed E-state index contributed by atoms with van der Waals surface area (Å²) in [7, 11) is 0. The molecule has 1 N–H and O–H groups in total. The fourth-order valence-corrected chi connectivity index (χ4v) is 3.76. The molecule has 29 heavy (non-hydrogen) atoms. The third kappa shape index (κ3) is 5.00. The number of hydrogen-bond acceptors (Lipinski definition) is 2. The second-order valence-electron chi connectivity index (χ2n) is 7.10. The molecule has 0 radical (unpaired) electrons. The lowest BCUT2D eigenvalue weighted by molar-refractivity contribution is 0.0663. The minimum Gasteiger partial charge on any atom is -0.335 e. The maximum absolute atomic E-state index is 13.7. The Morgan fingerprint density at radius 3 is 2.21 bits per heavy atom. The van der Waals surface area contributed by atoms with E-state index in [1.165, 1.54) is 12.1 Å². The number of aryl methyl sites for hydroxylation is 1. The van der Waals surface area contributed by atoms with E-state index in [0.717, 1.165) is 5.56 Å². The van der Waals surface area contributed by atoms with Crippen LogP contribution < -0.4 is 5.32 Å². The summed E-state index contributed by atoms with van der Waals surface area (Å²) in [5.41, 5.74) is 2.19. The molecule has 154 valence electrons. The van der Waals surface area contributed by atoms with Gasteiger partial charge in [-0.15, -0.1) is 0 Å². The highest BCUT2D eigenvalue weighted by Crippen LogP contribution is 2.28. The SMILES string of the molecule is Cc1ccc(C(=O)N2CCN(C(=O)NC(C)c3cc(F)c(Cl)cc3Cl)CC2)cc1. The Morgan fingerprint density at radius 1 is 1.00 bits per heavy atom. The Morgan fingerprint density at radius 2 is 1.59 bits per heavy atom. The van der Waals surface area contributed by atoms with Gasteiger partial charge in [0.25, 0.3) is 5.91 Å². The highest BCUT2D eigenvalue weighted by molar-refractivity contribution is 6.35. The monoisotopic (exact) mass is 437 g/mol. The van der Waals surface area contributed by atoms with Crippen LogP contribution in [0.5, 0.6) is 0 Å². The van der Waals surface area contributed by atoms with Gasteiger partial charge in [-0.2, -0.15) is 0 Å². The first kappa shape index (κ1) is 21.4. The van der Waals surface area contributed by atoms with E-state index in [2.05, 4.69) is 5.32 Å². The number of piperazine rings is 1. The molecule has 3 rings (SSSR count). The Bertz CT molecular complexity index is 913. The van der Waals surface area contributed by atoms with Crippen LogP contribution in [0.2, 0.25) is 10.0 Å². The van der Waals surface area contributed by atoms with E-state index >= 15 is 0 Å². The van der Waals surface area contributed by atoms with Crippen molar-refractivity contribution < 1.29 is 14.0 Å². The molecule has 0 spiro atoms. The van der Waals surface area contributed by atoms with Gasteiger partial charge in [-0.1, -0.05) is 40.9 Å². The lowest BCUT2D eigenvalue weighted by Gasteiger charge is -2.35. The highest BCUT2D eigenvalue weighted by Gasteiger charge is 2.26. The first-order valence-corrected chi connectivity index (χ1v) is 10.1. The van der Waals surface area contributed by atoms with E-state index in [9.17, 15) is 14.0 Å². The number of benzene rings is 2. The smallest absolute Gasteiger partial charge is 0.317 e. The van der Waals surface area contributed by atoms with Crippen molar-refractivity contribution in [2.75, 3.05) is 26.2 Å². The summed E-state index contributed by atoms with van der Waals surface area (Å²) in [6, 6.07) is 9.22. The van der Waals surface area contributed by atoms with Gasteiger partial charge in [0, 0.05) is 36.8 Å². The number of nitrogens with zero attached hydrogens (tertiary/aromatic N) is 2. The summed E-state index contributed by atoms with van der Waals surface area (Å²) in [5.74, 6) is -0.628. The molecule has 0 aliphatic carbocycles. The minimum absolute atomic E-state index is 0.0400. The molecule has 1 fully saturated rings. The molecular weight excluding hydrogens is 416 g/mol. The molecule has 0 saturated carbocycles. The predicted molar refractivity (Wildman–Crippen MR) is 112 cm³/mol. The molecule has 5 nitrogen and oxygen atoms in total. The van der Waals surface area contributed by atoms with Crippen molar-refractivity contribution in [3.8, 4) is 0 Å². The standard InChI is InChI=1S/C21H22Cl2FN3O2/c1-13-3-5-15(6-4-13)20(28)26-7-9-27(10-8-26)21(29)25-14(2)16-11-19(24)18(23)12-17(16)22/h3-6,11-12,14H,7-10H2,1-2H3,(H,25,29). The summed E-state index contributed by atoms with van der Waals surface area (Å²) in [5, 5.41) is 3.05. The highest BCUT2D eigenvalue weighted by atomic mass is 35.5. The molecular formula is C21H22Cl2FN3O2. The number of carbonyl (C=O) groups is 2. The first-order chi connectivity index (χ1) is 13.8. The molecule has 1 heterocycles. The van der Waals surface area contributed by atoms with Crippen LogP contribution in [0.15, 0.2) is 36.4 Å². The van der Waals surface area contributed by atoms with E-state index in [-0.39, 0.29) is 22.0 Å². The predicted octanol–water partition coefficient (Wildman–Crippen LogP) is 4.67. The minimum atomic E-state index is -0.588. The van der Waals surface area contributed by atoms with E-state index in [4.69, 9.17) is 23.2 Å². The first-order valence-electron chi connectivity index (χ1n) is 9.32. The number of hydrogen-bond donors (Lipinski definition) is 1. The van der Waals surface area contributed by atoms with Gasteiger partial charge in [0.15, 0.2) is 0 Å². The van der Waals surface area contributed by atoms with Crippen LogP contribution >= 0.6 is 23.2 Å². The molecule has 1 saturated heterocycles. The van der Waals surface area contributed by atoms with Gasteiger partial charge in [-0.3, -0.25) is 4.79 Å². The molecule has 3 amide bonds. The number of amides is 3. The van der Waals surface area contributed by atoms with Gasteiger partial charge in [0.05, 0.1) is 11.1 Å². The van der Waals surface area contributed by atoms with Crippen LogP contribution in [0.3, 0.4) is 0 Å². The van der Waals surface area contributed by atoms with Crippen molar-refractivity contribution in [3.63, 3.8) is 0 Å². The van der Waals surface area contributed by atoms with Crippen molar-refractivity contribution in [3.05, 3.63) is 69.0 Å². The van der Waals surface area contributed by atoms with Gasteiger partial charge in [0.1, 0.15) is 5.82 Å². The Hall–Kier alpha value is -2.31. The third-order valence-electron chi connectivity index (χ3n) is 5.00. The normalized spacial score (nSPS) is 15.2. The number of urea groups is 1. The zero-order valence-corrected chi connectivity index (χ0v) is 17.7. The molecule has 0 aromatic heterocycles. The van der Waals surface area contributed by atoms with Crippen molar-refractivity contribution >= 4 is 35.1 Å². The van der Waals surface area contributed by atoms with Gasteiger partial charge >= 0.3 is 6.03 Å². The lowest BCUT2D eigenvalue weighted by atomic mass is 10.1. The average Bonchev–Trinajstić information content (AvgIpc) is 2.70. The molecule has 8 heteroatoms. The van der Waals surface area contributed by atoms with Crippen molar-refractivity contribution in [2.45, 2.75) is 19.9 Å². The van der Waals surface area contributed by atoms with Gasteiger partial charge < -0.3 is 15.1 Å². The summed E-state index contributed by atoms with van der Waals surface area (Å²) >= 11 is 11.8. The van der Waals surface area contributed by atoms with Crippen LogP contribution in [-0.2, 0) is 0 Å². The fourth-order valence-electron chi connectivity index (χ4n) is 3.22. The Labute approximate surface area is 179 Å². The second kappa shape index (κ2) is 9.01. The van der Waals surface area contributed by atoms with Crippen LogP contribution in [0, 0.1) is 12.7 Å². The van der Waals surface area contributed by atoms with E-state index in [1.54, 1.807) is 16.7 Å². The summed E-state index contributed by atoms with van der Waals surface area (Å²) in [6.45, 7) is 5.43. The maximum atomic E-state index is 13.7. The van der Waals surface area contributed by atoms with Crippen molar-refractivity contribution in [1.29, 1.82) is 0 Å². The summed E-state index contributed by atoms with van der Waals surface area (Å²) < 4.78 is 13.7. The average molecular weight is 438 g/mol. The number of carbonyl (C=O) groups excluding carboxylic acids is 2. The van der Waals surface area contributed by atoms with Crippen molar-refractivity contribution in [1.82, 2.24) is 15.1 Å². The lowest BCUT2D eigenvalue weighted by Crippen LogP contribution is -2.53. The second-order valence-corrected chi connectivity index (χ2v) is 7.92. The fraction of sp³-hybridized carbons (Fsp3) is 0.333. The van der Waals surface area contributed by atoms with Crippen LogP contribution in [-0.4, -0.2) is 47.9 Å². The van der Waals surface area contributed by atoms with Crippen LogP contribution in [0.4, 0.5) is 9.18 Å². The molecule has 1 aliphatic rings. The molecule has 1 atom stereocenters. The Kier molecular flexibility index (Phi) is 6.65. The molecule has 2 aromatic rings. The zero-order valence-electron chi connectivity index (χ0n) is 16.2. The third-order valence-corrected chi connectivity index (χ3v) is 5.62. The van der Waals surface area contributed by atoms with Gasteiger partial charge in [0.2, 0.25) is 0 Å². The quantitative estimate of drug-likeness (QED) is 0.709. The van der Waals surface area contributed by atoms with Gasteiger partial charge in [-0.25, -0.2) is 9.18 Å². The van der Waals surface area contributed by atoms with Crippen molar-refractivity contribution in [2.24, 2.45) is 0 Å². The summed E-state index contributed by atoms with van der Waals surface area (Å²) in [6.07, 6.45) is 0. The van der Waals surface area contributed by atoms with Crippen LogP contribution in [0.1, 0.15) is 34.5 Å². The molecule has 1 unspecified atom stereocenters. The topological polar surface area (TPSA) is 52.7 Å². The Balaban J connectivity index is 1.56. The molecule has 1 aliphatic heterocycles. The molecule has 0 bridgehead atoms. The number of nitrogens with one attached hydrogen (secondary N) is 1. The van der Waals surface area contributed by atoms with Gasteiger partial charge in [-0.05, 0) is 43.7 Å². The van der Waals surface area contributed by atoms with Crippen LogP contribution in [0.25, 0.3) is 0 Å². The zero-order chi connectivity index (χ0) is 21.1. The summed E-state index contributed by atoms with van der Waals surface area (Å²) in [4.78, 5) is 28.5. The van der Waals surface area contributed by atoms with E-state index in [0.29, 0.717) is 37.3 Å².